The van der Waals surface area contributed by atoms with Crippen molar-refractivity contribution in [3.63, 3.8) is 0 Å². The van der Waals surface area contributed by atoms with Gasteiger partial charge in [-0.15, -0.1) is 0 Å². The Bertz CT molecular complexity index is 341. The van der Waals surface area contributed by atoms with Crippen molar-refractivity contribution in [3.05, 3.63) is 0 Å². The Morgan fingerprint density at radius 2 is 2.22 bits per heavy atom. The Labute approximate surface area is 112 Å². The second-order valence-corrected chi connectivity index (χ2v) is 7.05. The molecule has 2 aliphatic rings. The van der Waals surface area contributed by atoms with Gasteiger partial charge in [-0.2, -0.15) is 5.26 Å². The molecule has 1 heterocycles. The Hall–Kier alpha value is -0.440. The summed E-state index contributed by atoms with van der Waals surface area (Å²) in [6.07, 6.45) is 4.18. The van der Waals surface area contributed by atoms with E-state index < -0.39 is 10.8 Å². The summed E-state index contributed by atoms with van der Waals surface area (Å²) in [6.45, 7) is 4.78. The maximum absolute atomic E-state index is 11.4. The highest BCUT2D eigenvalue weighted by Gasteiger charge is 2.38. The largest absolute Gasteiger partial charge is 0.300 e. The zero-order valence-corrected chi connectivity index (χ0v) is 12.0. The quantitative estimate of drug-likeness (QED) is 0.826. The highest BCUT2D eigenvalue weighted by Crippen LogP contribution is 2.31. The second-order valence-electron chi connectivity index (χ2n) is 5.36. The number of nitrogens with zero attached hydrogens (tertiary/aromatic N) is 2. The van der Waals surface area contributed by atoms with Crippen LogP contribution in [-0.4, -0.2) is 51.8 Å². The molecule has 0 amide bonds. The molecule has 18 heavy (non-hydrogen) atoms. The van der Waals surface area contributed by atoms with Gasteiger partial charge in [-0.05, 0) is 32.2 Å². The smallest absolute Gasteiger partial charge is 0.108 e. The van der Waals surface area contributed by atoms with Gasteiger partial charge in [0.25, 0.3) is 0 Å². The molecule has 0 aromatic heterocycles. The van der Waals surface area contributed by atoms with Crippen LogP contribution in [0.3, 0.4) is 0 Å². The third-order valence-electron chi connectivity index (χ3n) is 4.18. The standard InChI is InChI=1S/C13H23N3OS/c1-2-15-13(11-14)5-3-4-12(10-13)16-6-8-18(17)9-7-16/h12,15H,2-10H2,1H3. The molecule has 2 fully saturated rings. The van der Waals surface area contributed by atoms with Crippen molar-refractivity contribution in [2.45, 2.75) is 44.2 Å². The summed E-state index contributed by atoms with van der Waals surface area (Å²) in [5.41, 5.74) is -0.325. The minimum absolute atomic E-state index is 0.325. The summed E-state index contributed by atoms with van der Waals surface area (Å²) in [7, 11) is -0.612. The van der Waals surface area contributed by atoms with Crippen molar-refractivity contribution in [1.82, 2.24) is 10.2 Å². The normalized spacial score (nSPS) is 35.2. The summed E-state index contributed by atoms with van der Waals surface area (Å²) in [4.78, 5) is 2.45. The number of hydrogen-bond acceptors (Lipinski definition) is 4. The lowest BCUT2D eigenvalue weighted by atomic mass is 9.79. The minimum atomic E-state index is -0.612. The monoisotopic (exact) mass is 269 g/mol. The molecule has 0 radical (unpaired) electrons. The average molecular weight is 269 g/mol. The Kier molecular flexibility index (Phi) is 4.77. The van der Waals surface area contributed by atoms with Crippen LogP contribution in [0.15, 0.2) is 0 Å². The van der Waals surface area contributed by atoms with Gasteiger partial charge in [0.05, 0.1) is 6.07 Å². The molecule has 5 heteroatoms. The predicted molar refractivity (Wildman–Crippen MR) is 73.7 cm³/mol. The lowest BCUT2D eigenvalue weighted by molar-refractivity contribution is 0.130. The average Bonchev–Trinajstić information content (AvgIpc) is 2.40. The van der Waals surface area contributed by atoms with E-state index in [1.165, 1.54) is 6.42 Å². The van der Waals surface area contributed by atoms with Gasteiger partial charge in [-0.25, -0.2) is 0 Å². The maximum Gasteiger partial charge on any atom is 0.108 e. The summed E-state index contributed by atoms with van der Waals surface area (Å²) >= 11 is 0. The number of hydrogen-bond donors (Lipinski definition) is 1. The highest BCUT2D eigenvalue weighted by molar-refractivity contribution is 7.85. The summed E-state index contributed by atoms with van der Waals surface area (Å²) in [6, 6.07) is 2.99. The molecule has 0 aromatic carbocycles. The maximum atomic E-state index is 11.4. The van der Waals surface area contributed by atoms with Crippen molar-refractivity contribution >= 4 is 10.8 Å². The van der Waals surface area contributed by atoms with E-state index >= 15 is 0 Å². The van der Waals surface area contributed by atoms with E-state index in [0.29, 0.717) is 6.04 Å². The molecule has 2 rings (SSSR count). The SMILES string of the molecule is CCNC1(C#N)CCCC(N2CCS(=O)CC2)C1. The van der Waals surface area contributed by atoms with Crippen molar-refractivity contribution in [2.24, 2.45) is 0 Å². The fraction of sp³-hybridized carbons (Fsp3) is 0.923. The van der Waals surface area contributed by atoms with Crippen LogP contribution >= 0.6 is 0 Å². The van der Waals surface area contributed by atoms with Gasteiger partial charge in [0.1, 0.15) is 5.54 Å². The molecular formula is C13H23N3OS. The van der Waals surface area contributed by atoms with E-state index in [0.717, 1.165) is 50.4 Å². The van der Waals surface area contributed by atoms with E-state index in [9.17, 15) is 9.47 Å². The first-order chi connectivity index (χ1) is 8.69. The first-order valence-electron chi connectivity index (χ1n) is 6.94. The van der Waals surface area contributed by atoms with Crippen LogP contribution < -0.4 is 5.32 Å². The van der Waals surface area contributed by atoms with Crippen LogP contribution in [0, 0.1) is 11.3 Å². The summed E-state index contributed by atoms with van der Waals surface area (Å²) in [5, 5.41) is 12.8. The van der Waals surface area contributed by atoms with Gasteiger partial charge < -0.3 is 0 Å². The molecule has 1 aliphatic heterocycles. The molecular weight excluding hydrogens is 246 g/mol. The first kappa shape index (κ1) is 14.0. The number of nitriles is 1. The van der Waals surface area contributed by atoms with Crippen molar-refractivity contribution < 1.29 is 4.21 Å². The third kappa shape index (κ3) is 3.11. The molecule has 2 atom stereocenters. The van der Waals surface area contributed by atoms with Crippen LogP contribution in [0.2, 0.25) is 0 Å². The Morgan fingerprint density at radius 1 is 1.50 bits per heavy atom. The van der Waals surface area contributed by atoms with Crippen LogP contribution in [0.1, 0.15) is 32.6 Å². The van der Waals surface area contributed by atoms with Gasteiger partial charge in [0.2, 0.25) is 0 Å². The molecule has 1 aliphatic carbocycles. The molecule has 1 saturated heterocycles. The highest BCUT2D eigenvalue weighted by atomic mass is 32.2. The van der Waals surface area contributed by atoms with E-state index in [1.54, 1.807) is 0 Å². The fourth-order valence-electron chi connectivity index (χ4n) is 3.21. The molecule has 0 spiro atoms. The lowest BCUT2D eigenvalue weighted by Gasteiger charge is -2.42. The molecule has 2 unspecified atom stereocenters. The molecule has 0 aromatic rings. The van der Waals surface area contributed by atoms with Crippen molar-refractivity contribution in [1.29, 1.82) is 5.26 Å². The van der Waals surface area contributed by atoms with Gasteiger partial charge in [-0.1, -0.05) is 6.92 Å². The third-order valence-corrected chi connectivity index (χ3v) is 5.46. The zero-order valence-electron chi connectivity index (χ0n) is 11.2. The van der Waals surface area contributed by atoms with Crippen molar-refractivity contribution in [3.8, 4) is 6.07 Å². The van der Waals surface area contributed by atoms with Gasteiger partial charge in [0.15, 0.2) is 0 Å². The molecule has 1 N–H and O–H groups in total. The van der Waals surface area contributed by atoms with E-state index in [1.807, 2.05) is 0 Å². The fourth-order valence-corrected chi connectivity index (χ4v) is 4.30. The van der Waals surface area contributed by atoms with Crippen LogP contribution in [0.5, 0.6) is 0 Å². The second kappa shape index (κ2) is 6.14. The molecule has 1 saturated carbocycles. The minimum Gasteiger partial charge on any atom is -0.300 e. The number of nitrogens with one attached hydrogen (secondary N) is 1. The predicted octanol–water partition coefficient (Wildman–Crippen LogP) is 0.865. The summed E-state index contributed by atoms with van der Waals surface area (Å²) in [5.74, 6) is 1.61. The lowest BCUT2D eigenvalue weighted by Crippen LogP contribution is -2.54. The van der Waals surface area contributed by atoms with Crippen LogP contribution in [0.25, 0.3) is 0 Å². The van der Waals surface area contributed by atoms with E-state index in [4.69, 9.17) is 0 Å². The topological polar surface area (TPSA) is 56.1 Å². The number of rotatable bonds is 3. The Balaban J connectivity index is 1.98. The van der Waals surface area contributed by atoms with Crippen molar-refractivity contribution in [2.75, 3.05) is 31.1 Å². The van der Waals surface area contributed by atoms with Crippen LogP contribution in [-0.2, 0) is 10.8 Å². The van der Waals surface area contributed by atoms with Gasteiger partial charge >= 0.3 is 0 Å². The van der Waals surface area contributed by atoms with Gasteiger partial charge in [-0.3, -0.25) is 14.4 Å². The summed E-state index contributed by atoms with van der Waals surface area (Å²) < 4.78 is 11.4. The van der Waals surface area contributed by atoms with E-state index in [-0.39, 0.29) is 5.54 Å². The Morgan fingerprint density at radius 3 is 2.83 bits per heavy atom. The van der Waals surface area contributed by atoms with Crippen LogP contribution in [0.4, 0.5) is 0 Å². The van der Waals surface area contributed by atoms with E-state index in [2.05, 4.69) is 23.2 Å². The van der Waals surface area contributed by atoms with Gasteiger partial charge in [0, 0.05) is 41.4 Å². The first-order valence-corrected chi connectivity index (χ1v) is 8.43. The molecule has 0 bridgehead atoms. The zero-order chi connectivity index (χ0) is 13.0. The molecule has 4 nitrogen and oxygen atoms in total. The molecule has 102 valence electrons.